The lowest BCUT2D eigenvalue weighted by Gasteiger charge is -2.11. The summed E-state index contributed by atoms with van der Waals surface area (Å²) in [6.45, 7) is 8.38. The summed E-state index contributed by atoms with van der Waals surface area (Å²) >= 11 is 0. The van der Waals surface area contributed by atoms with Gasteiger partial charge in [-0.3, -0.25) is 0 Å². The zero-order valence-electron chi connectivity index (χ0n) is 21.7. The van der Waals surface area contributed by atoms with Gasteiger partial charge in [-0.2, -0.15) is 0 Å². The first-order chi connectivity index (χ1) is 15.9. The molecule has 0 bridgehead atoms. The quantitative estimate of drug-likeness (QED) is 0.125. The van der Waals surface area contributed by atoms with E-state index < -0.39 is 17.9 Å². The van der Waals surface area contributed by atoms with Crippen LogP contribution in [0.3, 0.4) is 0 Å². The minimum absolute atomic E-state index is 0.295. The molecule has 1 aromatic carbocycles. The van der Waals surface area contributed by atoms with Gasteiger partial charge in [-0.05, 0) is 36.8 Å². The number of hydrogen-bond donors (Lipinski definition) is 0. The predicted molar refractivity (Wildman–Crippen MR) is 136 cm³/mol. The summed E-state index contributed by atoms with van der Waals surface area (Å²) < 4.78 is 0. The lowest BCUT2D eigenvalue weighted by Crippen LogP contribution is -2.16. The average molecular weight is 461 g/mol. The van der Waals surface area contributed by atoms with Crippen molar-refractivity contribution in [2.75, 3.05) is 0 Å². The molecular weight excluding hydrogens is 412 g/mol. The first-order valence-corrected chi connectivity index (χ1v) is 13.4. The van der Waals surface area contributed by atoms with Crippen molar-refractivity contribution in [3.05, 3.63) is 35.4 Å². The summed E-state index contributed by atoms with van der Waals surface area (Å²) in [5.74, 6) is -0.883. The molecule has 0 fully saturated rings. The summed E-state index contributed by atoms with van der Waals surface area (Å²) in [4.78, 5) is 33.6. The summed E-state index contributed by atoms with van der Waals surface area (Å²) in [5.41, 5.74) is 2.11. The molecule has 1 rings (SSSR count). The number of rotatable bonds is 18. The van der Waals surface area contributed by atoms with Crippen LogP contribution in [0.5, 0.6) is 0 Å². The molecule has 0 N–H and O–H groups in total. The Kier molecular flexibility index (Phi) is 16.4. The molecule has 0 radical (unpaired) electrons. The molecule has 4 nitrogen and oxygen atoms in total. The highest BCUT2D eigenvalue weighted by Gasteiger charge is 2.20. The van der Waals surface area contributed by atoms with Gasteiger partial charge >= 0.3 is 11.9 Å². The Morgan fingerprint density at radius 1 is 0.697 bits per heavy atom. The maximum absolute atomic E-state index is 12.2. The molecule has 33 heavy (non-hydrogen) atoms. The topological polar surface area (TPSA) is 52.6 Å². The lowest BCUT2D eigenvalue weighted by molar-refractivity contribution is -0.260. The van der Waals surface area contributed by atoms with Gasteiger partial charge < -0.3 is 0 Å². The molecule has 0 aliphatic heterocycles. The van der Waals surface area contributed by atoms with Crippen LogP contribution in [0.15, 0.2) is 24.3 Å². The number of unbranched alkanes of at least 4 members (excludes halogenated alkanes) is 12. The summed E-state index contributed by atoms with van der Waals surface area (Å²) in [5, 5.41) is 0. The van der Waals surface area contributed by atoms with Gasteiger partial charge in [-0.25, -0.2) is 19.4 Å². The fourth-order valence-electron chi connectivity index (χ4n) is 4.04. The lowest BCUT2D eigenvalue weighted by atomic mass is 9.97. The van der Waals surface area contributed by atoms with Crippen molar-refractivity contribution in [1.82, 2.24) is 0 Å². The SMILES string of the molecule is CCCCCCCCCCCCCCCC(=O)OOC(=O)C(C)c1ccc(CC(C)C)cc1. The van der Waals surface area contributed by atoms with Crippen molar-refractivity contribution in [3.8, 4) is 0 Å². The van der Waals surface area contributed by atoms with Gasteiger partial charge in [-0.1, -0.05) is 122 Å². The monoisotopic (exact) mass is 460 g/mol. The van der Waals surface area contributed by atoms with E-state index in [9.17, 15) is 9.59 Å². The third-order valence-corrected chi connectivity index (χ3v) is 6.18. The molecular formula is C29H48O4. The highest BCUT2D eigenvalue weighted by Crippen LogP contribution is 2.19. The Bertz CT molecular complexity index is 636. The molecule has 0 aromatic heterocycles. The molecule has 0 saturated heterocycles. The molecule has 0 heterocycles. The van der Waals surface area contributed by atoms with Crippen LogP contribution in [-0.4, -0.2) is 11.9 Å². The molecule has 0 spiro atoms. The Morgan fingerprint density at radius 3 is 1.67 bits per heavy atom. The first-order valence-electron chi connectivity index (χ1n) is 13.4. The van der Waals surface area contributed by atoms with E-state index in [1.807, 2.05) is 24.3 Å². The normalized spacial score (nSPS) is 12.0. The van der Waals surface area contributed by atoms with Gasteiger partial charge in [-0.15, -0.1) is 0 Å². The Balaban J connectivity index is 2.04. The van der Waals surface area contributed by atoms with Crippen molar-refractivity contribution >= 4 is 11.9 Å². The summed E-state index contributed by atoms with van der Waals surface area (Å²) in [7, 11) is 0. The van der Waals surface area contributed by atoms with E-state index in [-0.39, 0.29) is 0 Å². The first kappa shape index (κ1) is 29.2. The van der Waals surface area contributed by atoms with Gasteiger partial charge in [0, 0.05) is 0 Å². The van der Waals surface area contributed by atoms with E-state index in [1.54, 1.807) is 6.92 Å². The van der Waals surface area contributed by atoms with Crippen molar-refractivity contribution in [2.24, 2.45) is 5.92 Å². The van der Waals surface area contributed by atoms with Crippen molar-refractivity contribution in [3.63, 3.8) is 0 Å². The van der Waals surface area contributed by atoms with Crippen LogP contribution in [-0.2, 0) is 25.8 Å². The molecule has 0 aliphatic carbocycles. The second kappa shape index (κ2) is 18.6. The van der Waals surface area contributed by atoms with E-state index in [0.29, 0.717) is 12.3 Å². The zero-order chi connectivity index (χ0) is 24.3. The van der Waals surface area contributed by atoms with Crippen LogP contribution in [0.4, 0.5) is 0 Å². The Labute approximate surface area is 202 Å². The fourth-order valence-corrected chi connectivity index (χ4v) is 4.04. The average Bonchev–Trinajstić information content (AvgIpc) is 2.80. The van der Waals surface area contributed by atoms with E-state index in [1.165, 1.54) is 69.8 Å². The highest BCUT2D eigenvalue weighted by atomic mass is 17.2. The van der Waals surface area contributed by atoms with Crippen LogP contribution in [0.2, 0.25) is 0 Å². The summed E-state index contributed by atoms with van der Waals surface area (Å²) in [6, 6.07) is 7.97. The van der Waals surface area contributed by atoms with Gasteiger partial charge in [0.25, 0.3) is 0 Å². The number of hydrogen-bond acceptors (Lipinski definition) is 4. The molecule has 0 saturated carbocycles. The van der Waals surface area contributed by atoms with Crippen LogP contribution < -0.4 is 0 Å². The highest BCUT2D eigenvalue weighted by molar-refractivity contribution is 5.78. The minimum atomic E-state index is -0.537. The Hall–Kier alpha value is -1.84. The zero-order valence-corrected chi connectivity index (χ0v) is 21.7. The molecule has 1 unspecified atom stereocenters. The number of carbonyl (C=O) groups is 2. The van der Waals surface area contributed by atoms with Crippen molar-refractivity contribution in [2.45, 2.75) is 130 Å². The molecule has 188 valence electrons. The van der Waals surface area contributed by atoms with E-state index >= 15 is 0 Å². The maximum Gasteiger partial charge on any atom is 0.362 e. The van der Waals surface area contributed by atoms with Crippen LogP contribution in [0, 0.1) is 5.92 Å². The maximum atomic E-state index is 12.2. The molecule has 1 aromatic rings. The standard InChI is InChI=1S/C29H48O4/c1-5-6-7-8-9-10-11-12-13-14-15-16-17-18-28(30)32-33-29(31)25(4)27-21-19-26(20-22-27)23-24(2)3/h19-22,24-25H,5-18,23H2,1-4H3. The molecule has 0 aliphatic rings. The van der Waals surface area contributed by atoms with Gasteiger partial charge in [0.2, 0.25) is 0 Å². The van der Waals surface area contributed by atoms with Gasteiger partial charge in [0.05, 0.1) is 12.3 Å². The second-order valence-corrected chi connectivity index (χ2v) is 9.91. The molecule has 1 atom stereocenters. The second-order valence-electron chi connectivity index (χ2n) is 9.91. The van der Waals surface area contributed by atoms with E-state index in [2.05, 4.69) is 20.8 Å². The minimum Gasteiger partial charge on any atom is -0.247 e. The largest absolute Gasteiger partial charge is 0.362 e. The number of carbonyl (C=O) groups excluding carboxylic acids is 2. The smallest absolute Gasteiger partial charge is 0.247 e. The molecule has 0 amide bonds. The Morgan fingerprint density at radius 2 is 1.18 bits per heavy atom. The number of benzene rings is 1. The van der Waals surface area contributed by atoms with Gasteiger partial charge in [0.1, 0.15) is 0 Å². The van der Waals surface area contributed by atoms with Crippen LogP contribution in [0.1, 0.15) is 135 Å². The third-order valence-electron chi connectivity index (χ3n) is 6.18. The molecule has 4 heteroatoms. The van der Waals surface area contributed by atoms with Crippen molar-refractivity contribution in [1.29, 1.82) is 0 Å². The predicted octanol–water partition coefficient (Wildman–Crippen LogP) is 8.47. The van der Waals surface area contributed by atoms with Crippen molar-refractivity contribution < 1.29 is 19.4 Å². The third kappa shape index (κ3) is 14.8. The van der Waals surface area contributed by atoms with Gasteiger partial charge in [0.15, 0.2) is 0 Å². The van der Waals surface area contributed by atoms with E-state index in [0.717, 1.165) is 31.2 Å². The fraction of sp³-hybridized carbons (Fsp3) is 0.724. The summed E-state index contributed by atoms with van der Waals surface area (Å²) in [6.07, 6.45) is 17.7. The van der Waals surface area contributed by atoms with E-state index in [4.69, 9.17) is 9.78 Å². The van der Waals surface area contributed by atoms with Crippen LogP contribution >= 0.6 is 0 Å². The van der Waals surface area contributed by atoms with Crippen LogP contribution in [0.25, 0.3) is 0 Å².